The van der Waals surface area contributed by atoms with Gasteiger partial charge < -0.3 is 19.2 Å². The van der Waals surface area contributed by atoms with Gasteiger partial charge >= 0.3 is 5.97 Å². The maximum Gasteiger partial charge on any atom is 0.340 e. The molecule has 7 nitrogen and oxygen atoms in total. The number of benzene rings is 1. The van der Waals surface area contributed by atoms with E-state index in [0.717, 1.165) is 0 Å². The van der Waals surface area contributed by atoms with Crippen LogP contribution in [-0.2, 0) is 4.74 Å². The lowest BCUT2D eigenvalue weighted by molar-refractivity contribution is 0.0523. The van der Waals surface area contributed by atoms with Crippen molar-refractivity contribution in [2.24, 2.45) is 0 Å². The van der Waals surface area contributed by atoms with Crippen molar-refractivity contribution in [2.75, 3.05) is 20.8 Å². The Balaban J connectivity index is 2.55. The van der Waals surface area contributed by atoms with Gasteiger partial charge in [-0.25, -0.2) is 4.79 Å². The molecule has 1 aromatic carbocycles. The molecule has 0 unspecified atom stereocenters. The number of rotatable bonds is 7. The zero-order valence-corrected chi connectivity index (χ0v) is 16.5. The Kier molecular flexibility index (Phi) is 6.61. The molecule has 0 aliphatic rings. The van der Waals surface area contributed by atoms with Gasteiger partial charge in [0.2, 0.25) is 5.78 Å². The first-order valence-electron chi connectivity index (χ1n) is 8.62. The van der Waals surface area contributed by atoms with Crippen molar-refractivity contribution in [2.45, 2.75) is 20.8 Å². The fourth-order valence-corrected chi connectivity index (χ4v) is 2.90. The first kappa shape index (κ1) is 20.8. The van der Waals surface area contributed by atoms with Crippen molar-refractivity contribution >= 4 is 17.8 Å². The summed E-state index contributed by atoms with van der Waals surface area (Å²) in [6.07, 6.45) is 1.43. The summed E-state index contributed by atoms with van der Waals surface area (Å²) in [6.45, 7) is 5.22. The molecule has 1 aromatic heterocycles. The summed E-state index contributed by atoms with van der Waals surface area (Å²) < 4.78 is 15.5. The lowest BCUT2D eigenvalue weighted by atomic mass is 9.97. The molecule has 0 atom stereocenters. The molecule has 2 rings (SSSR count). The van der Waals surface area contributed by atoms with Crippen LogP contribution in [0.15, 0.2) is 23.8 Å². The Morgan fingerprint density at radius 2 is 1.82 bits per heavy atom. The van der Waals surface area contributed by atoms with E-state index in [2.05, 4.69) is 4.98 Å². The molecule has 1 N–H and O–H groups in total. The minimum Gasteiger partial charge on any atom is -0.497 e. The van der Waals surface area contributed by atoms with Gasteiger partial charge in [0.1, 0.15) is 23.1 Å². The van der Waals surface area contributed by atoms with Crippen molar-refractivity contribution in [1.29, 1.82) is 5.26 Å². The number of carbonyl (C=O) groups excluding carboxylic acids is 2. The number of ether oxygens (including phenoxy) is 3. The van der Waals surface area contributed by atoms with Gasteiger partial charge in [0.15, 0.2) is 0 Å². The average molecular weight is 382 g/mol. The molecule has 0 aliphatic heterocycles. The number of Topliss-reactive ketones (excluding diaryl/α,β-unsaturated/α-hetero) is 1. The quantitative estimate of drug-likeness (QED) is 0.340. The summed E-state index contributed by atoms with van der Waals surface area (Å²) in [5.74, 6) is -0.134. The van der Waals surface area contributed by atoms with Crippen molar-refractivity contribution in [1.82, 2.24) is 4.98 Å². The Bertz CT molecular complexity index is 979. The molecule has 0 radical (unpaired) electrons. The van der Waals surface area contributed by atoms with E-state index in [1.54, 1.807) is 39.0 Å². The molecule has 7 heteroatoms. The molecule has 0 aliphatic carbocycles. The molecule has 0 bridgehead atoms. The lowest BCUT2D eigenvalue weighted by Gasteiger charge is -2.08. The van der Waals surface area contributed by atoms with Crippen LogP contribution in [0.4, 0.5) is 0 Å². The molecule has 28 heavy (non-hydrogen) atoms. The first-order chi connectivity index (χ1) is 13.4. The lowest BCUT2D eigenvalue weighted by Crippen LogP contribution is -2.13. The van der Waals surface area contributed by atoms with Crippen molar-refractivity contribution in [3.8, 4) is 17.6 Å². The SMILES string of the molecule is CCOC(=O)c1c(C)[nH]c(C)c1C(=O)/C(C#N)=C/c1ccc(OC)cc1OC. The maximum atomic E-state index is 13.1. The Labute approximate surface area is 163 Å². The average Bonchev–Trinajstić information content (AvgIpc) is 2.99. The van der Waals surface area contributed by atoms with Crippen LogP contribution in [0.3, 0.4) is 0 Å². The van der Waals surface area contributed by atoms with E-state index in [0.29, 0.717) is 28.5 Å². The Morgan fingerprint density at radius 1 is 1.14 bits per heavy atom. The molecule has 0 saturated heterocycles. The van der Waals surface area contributed by atoms with E-state index in [1.807, 2.05) is 6.07 Å². The number of allylic oxidation sites excluding steroid dienone is 1. The molecule has 0 spiro atoms. The number of methoxy groups -OCH3 is 2. The van der Waals surface area contributed by atoms with E-state index < -0.39 is 11.8 Å². The number of ketones is 1. The van der Waals surface area contributed by atoms with Crippen LogP contribution in [0.2, 0.25) is 0 Å². The smallest absolute Gasteiger partial charge is 0.340 e. The second kappa shape index (κ2) is 8.91. The number of aryl methyl sites for hydroxylation is 2. The zero-order valence-electron chi connectivity index (χ0n) is 16.5. The highest BCUT2D eigenvalue weighted by Gasteiger charge is 2.27. The molecule has 0 saturated carbocycles. The van der Waals surface area contributed by atoms with Gasteiger partial charge in [-0.05, 0) is 39.0 Å². The molecular weight excluding hydrogens is 360 g/mol. The number of hydrogen-bond donors (Lipinski definition) is 1. The topological polar surface area (TPSA) is 101 Å². The third-order valence-electron chi connectivity index (χ3n) is 4.19. The Morgan fingerprint density at radius 3 is 2.39 bits per heavy atom. The second-order valence-corrected chi connectivity index (χ2v) is 5.95. The van der Waals surface area contributed by atoms with Crippen LogP contribution >= 0.6 is 0 Å². The fourth-order valence-electron chi connectivity index (χ4n) is 2.90. The molecule has 2 aromatic rings. The van der Waals surface area contributed by atoms with E-state index >= 15 is 0 Å². The normalized spacial score (nSPS) is 10.9. The third-order valence-corrected chi connectivity index (χ3v) is 4.19. The van der Waals surface area contributed by atoms with Gasteiger partial charge in [0, 0.05) is 23.0 Å². The van der Waals surface area contributed by atoms with Gasteiger partial charge in [-0.15, -0.1) is 0 Å². The number of esters is 1. The number of nitrogens with zero attached hydrogens (tertiary/aromatic N) is 1. The molecule has 0 fully saturated rings. The number of hydrogen-bond acceptors (Lipinski definition) is 6. The van der Waals surface area contributed by atoms with Gasteiger partial charge in [-0.2, -0.15) is 5.26 Å². The van der Waals surface area contributed by atoms with Gasteiger partial charge in [0.05, 0.1) is 32.0 Å². The summed E-state index contributed by atoms with van der Waals surface area (Å²) in [6, 6.07) is 6.96. The fraction of sp³-hybridized carbons (Fsp3) is 0.286. The summed E-state index contributed by atoms with van der Waals surface area (Å²) in [4.78, 5) is 28.4. The number of H-pyrrole nitrogens is 1. The van der Waals surface area contributed by atoms with Crippen LogP contribution in [0.1, 0.15) is 44.6 Å². The largest absolute Gasteiger partial charge is 0.497 e. The van der Waals surface area contributed by atoms with Gasteiger partial charge in [0.25, 0.3) is 0 Å². The summed E-state index contributed by atoms with van der Waals surface area (Å²) >= 11 is 0. The van der Waals surface area contributed by atoms with Crippen LogP contribution in [-0.4, -0.2) is 37.6 Å². The van der Waals surface area contributed by atoms with Crippen molar-refractivity contribution in [3.05, 3.63) is 51.9 Å². The van der Waals surface area contributed by atoms with E-state index in [9.17, 15) is 14.9 Å². The van der Waals surface area contributed by atoms with Crippen LogP contribution in [0.5, 0.6) is 11.5 Å². The molecular formula is C21H22N2O5. The Hall–Kier alpha value is -3.53. The van der Waals surface area contributed by atoms with E-state index in [1.165, 1.54) is 20.3 Å². The van der Waals surface area contributed by atoms with Crippen LogP contribution in [0, 0.1) is 25.2 Å². The van der Waals surface area contributed by atoms with Crippen LogP contribution in [0.25, 0.3) is 6.08 Å². The third kappa shape index (κ3) is 4.07. The first-order valence-corrected chi connectivity index (χ1v) is 8.62. The van der Waals surface area contributed by atoms with E-state index in [-0.39, 0.29) is 23.3 Å². The monoisotopic (exact) mass is 382 g/mol. The predicted octanol–water partition coefficient (Wildman–Crippen LogP) is 3.62. The number of carbonyl (C=O) groups is 2. The highest BCUT2D eigenvalue weighted by Crippen LogP contribution is 2.28. The van der Waals surface area contributed by atoms with Crippen molar-refractivity contribution < 1.29 is 23.8 Å². The highest BCUT2D eigenvalue weighted by molar-refractivity contribution is 6.19. The maximum absolute atomic E-state index is 13.1. The van der Waals surface area contributed by atoms with Gasteiger partial charge in [-0.1, -0.05) is 0 Å². The predicted molar refractivity (Wildman–Crippen MR) is 104 cm³/mol. The standard InChI is InChI=1S/C21H22N2O5/c1-6-28-21(25)19-13(3)23-12(2)18(19)20(24)15(11-22)9-14-7-8-16(26-4)10-17(14)27-5/h7-10,23H,6H2,1-5H3/b15-9+. The highest BCUT2D eigenvalue weighted by atomic mass is 16.5. The second-order valence-electron chi connectivity index (χ2n) is 5.95. The number of nitrogens with one attached hydrogen (secondary N) is 1. The number of aromatic amines is 1. The van der Waals surface area contributed by atoms with Gasteiger partial charge in [-0.3, -0.25) is 4.79 Å². The van der Waals surface area contributed by atoms with E-state index in [4.69, 9.17) is 14.2 Å². The van der Waals surface area contributed by atoms with Crippen LogP contribution < -0.4 is 9.47 Å². The summed E-state index contributed by atoms with van der Waals surface area (Å²) in [5.41, 5.74) is 1.70. The van der Waals surface area contributed by atoms with Crippen molar-refractivity contribution in [3.63, 3.8) is 0 Å². The summed E-state index contributed by atoms with van der Waals surface area (Å²) in [5, 5.41) is 9.58. The number of nitriles is 1. The molecule has 0 amide bonds. The minimum atomic E-state index is -0.605. The molecule has 1 heterocycles. The zero-order chi connectivity index (χ0) is 20.8. The molecule has 146 valence electrons. The minimum absolute atomic E-state index is 0.129. The number of aromatic nitrogens is 1. The summed E-state index contributed by atoms with van der Waals surface area (Å²) in [7, 11) is 3.01.